The summed E-state index contributed by atoms with van der Waals surface area (Å²) in [6, 6.07) is 10.4. The molecule has 2 rings (SSSR count). The van der Waals surface area contributed by atoms with Crippen molar-refractivity contribution in [3.8, 4) is 5.75 Å². The van der Waals surface area contributed by atoms with E-state index in [2.05, 4.69) is 10.9 Å². The monoisotopic (exact) mass is 324 g/mol. The van der Waals surface area contributed by atoms with E-state index in [1.807, 2.05) is 13.0 Å². The molecule has 0 saturated heterocycles. The molecule has 0 atom stereocenters. The van der Waals surface area contributed by atoms with Crippen molar-refractivity contribution in [2.24, 2.45) is 0 Å². The maximum atomic E-state index is 11.7. The molecule has 2 N–H and O–H groups in total. The van der Waals surface area contributed by atoms with Gasteiger partial charge in [0.25, 0.3) is 11.8 Å². The van der Waals surface area contributed by atoms with Crippen molar-refractivity contribution in [1.29, 1.82) is 0 Å². The summed E-state index contributed by atoms with van der Waals surface area (Å²) >= 11 is 7.24. The number of rotatable bonds is 4. The molecular weight excluding hydrogens is 312 g/mol. The van der Waals surface area contributed by atoms with Crippen molar-refractivity contribution in [2.45, 2.75) is 6.92 Å². The molecule has 21 heavy (non-hydrogen) atoms. The molecule has 0 radical (unpaired) electrons. The Bertz CT molecular complexity index is 657. The summed E-state index contributed by atoms with van der Waals surface area (Å²) in [5.74, 6) is -0.426. The highest BCUT2D eigenvalue weighted by atomic mass is 35.5. The minimum absolute atomic E-state index is 0.243. The van der Waals surface area contributed by atoms with Crippen LogP contribution in [0.3, 0.4) is 0 Å². The second kappa shape index (κ2) is 7.10. The standard InChI is InChI=1S/C14H13ClN2O3S/c1-9-6-7-12(21-9)14(19)17-16-13(18)8-20-11-5-3-2-4-10(11)15/h2-7H,8H2,1H3,(H,16,18)(H,17,19). The lowest BCUT2D eigenvalue weighted by Gasteiger charge is -2.09. The number of nitrogens with one attached hydrogen (secondary N) is 2. The van der Waals surface area contributed by atoms with Crippen LogP contribution >= 0.6 is 22.9 Å². The molecule has 5 nitrogen and oxygen atoms in total. The van der Waals surface area contributed by atoms with Gasteiger partial charge >= 0.3 is 0 Å². The highest BCUT2D eigenvalue weighted by Gasteiger charge is 2.10. The lowest BCUT2D eigenvalue weighted by atomic mass is 10.3. The predicted octanol–water partition coefficient (Wildman–Crippen LogP) is 2.55. The largest absolute Gasteiger partial charge is 0.482 e. The summed E-state index contributed by atoms with van der Waals surface area (Å²) in [7, 11) is 0. The van der Waals surface area contributed by atoms with E-state index in [0.717, 1.165) is 4.88 Å². The van der Waals surface area contributed by atoms with Crippen LogP contribution in [0, 0.1) is 6.92 Å². The third kappa shape index (κ3) is 4.47. The van der Waals surface area contributed by atoms with E-state index >= 15 is 0 Å². The van der Waals surface area contributed by atoms with Crippen molar-refractivity contribution in [3.05, 3.63) is 51.2 Å². The maximum Gasteiger partial charge on any atom is 0.279 e. The van der Waals surface area contributed by atoms with Crippen molar-refractivity contribution in [3.63, 3.8) is 0 Å². The fourth-order valence-electron chi connectivity index (χ4n) is 1.49. The number of carbonyl (C=O) groups excluding carboxylic acids is 2. The molecule has 0 aliphatic rings. The molecule has 2 aromatic rings. The molecule has 1 aromatic carbocycles. The van der Waals surface area contributed by atoms with Crippen LogP contribution in [0.1, 0.15) is 14.5 Å². The highest BCUT2D eigenvalue weighted by molar-refractivity contribution is 7.13. The number of para-hydroxylation sites is 1. The number of carbonyl (C=O) groups is 2. The molecule has 2 amide bonds. The van der Waals surface area contributed by atoms with E-state index < -0.39 is 5.91 Å². The number of hydrogen-bond donors (Lipinski definition) is 2. The van der Waals surface area contributed by atoms with Crippen LogP contribution in [0.2, 0.25) is 5.02 Å². The Morgan fingerprint density at radius 3 is 2.62 bits per heavy atom. The van der Waals surface area contributed by atoms with Gasteiger partial charge in [0.15, 0.2) is 6.61 Å². The van der Waals surface area contributed by atoms with Gasteiger partial charge in [0.1, 0.15) is 5.75 Å². The number of amides is 2. The van der Waals surface area contributed by atoms with Gasteiger partial charge in [0.05, 0.1) is 9.90 Å². The van der Waals surface area contributed by atoms with Crippen LogP contribution < -0.4 is 15.6 Å². The Morgan fingerprint density at radius 2 is 1.95 bits per heavy atom. The quantitative estimate of drug-likeness (QED) is 0.849. The zero-order valence-corrected chi connectivity index (χ0v) is 12.8. The topological polar surface area (TPSA) is 67.4 Å². The molecular formula is C14H13ClN2O3S. The first-order valence-corrected chi connectivity index (χ1v) is 7.28. The summed E-state index contributed by atoms with van der Waals surface area (Å²) < 4.78 is 5.25. The molecule has 0 fully saturated rings. The van der Waals surface area contributed by atoms with E-state index in [0.29, 0.717) is 15.6 Å². The van der Waals surface area contributed by atoms with Gasteiger partial charge in [-0.25, -0.2) is 0 Å². The predicted molar refractivity (Wildman–Crippen MR) is 81.6 cm³/mol. The summed E-state index contributed by atoms with van der Waals surface area (Å²) in [6.45, 7) is 1.66. The first-order valence-electron chi connectivity index (χ1n) is 6.09. The minimum atomic E-state index is -0.475. The SMILES string of the molecule is Cc1ccc(C(=O)NNC(=O)COc2ccccc2Cl)s1. The Balaban J connectivity index is 1.78. The normalized spacial score (nSPS) is 10.0. The molecule has 0 bridgehead atoms. The smallest absolute Gasteiger partial charge is 0.279 e. The van der Waals surface area contributed by atoms with Gasteiger partial charge in [0.2, 0.25) is 0 Å². The molecule has 110 valence electrons. The summed E-state index contributed by atoms with van der Waals surface area (Å²) in [5.41, 5.74) is 4.60. The van der Waals surface area contributed by atoms with Crippen LogP contribution in [0.4, 0.5) is 0 Å². The first-order chi connectivity index (χ1) is 10.1. The zero-order valence-electron chi connectivity index (χ0n) is 11.2. The van der Waals surface area contributed by atoms with Gasteiger partial charge < -0.3 is 4.74 Å². The van der Waals surface area contributed by atoms with Crippen molar-refractivity contribution in [1.82, 2.24) is 10.9 Å². The Labute approximate surface area is 130 Å². The average molecular weight is 325 g/mol. The van der Waals surface area contributed by atoms with Crippen LogP contribution in [0.5, 0.6) is 5.75 Å². The Kier molecular flexibility index (Phi) is 5.19. The van der Waals surface area contributed by atoms with Gasteiger partial charge in [-0.2, -0.15) is 0 Å². The Morgan fingerprint density at radius 1 is 1.19 bits per heavy atom. The van der Waals surface area contributed by atoms with Gasteiger partial charge in [-0.1, -0.05) is 23.7 Å². The number of hydrogen-bond acceptors (Lipinski definition) is 4. The number of halogens is 1. The highest BCUT2D eigenvalue weighted by Crippen LogP contribution is 2.22. The second-order valence-corrected chi connectivity index (χ2v) is 5.83. The molecule has 1 aromatic heterocycles. The van der Waals surface area contributed by atoms with E-state index in [1.165, 1.54) is 11.3 Å². The molecule has 7 heteroatoms. The second-order valence-electron chi connectivity index (χ2n) is 4.13. The first kappa shape index (κ1) is 15.3. The molecule has 0 spiro atoms. The maximum absolute atomic E-state index is 11.7. The minimum Gasteiger partial charge on any atom is -0.482 e. The Hall–Kier alpha value is -2.05. The zero-order chi connectivity index (χ0) is 15.2. The average Bonchev–Trinajstić information content (AvgIpc) is 2.90. The van der Waals surface area contributed by atoms with E-state index in [4.69, 9.17) is 16.3 Å². The number of ether oxygens (including phenoxy) is 1. The van der Waals surface area contributed by atoms with Crippen LogP contribution in [0.25, 0.3) is 0 Å². The molecule has 0 aliphatic carbocycles. The number of hydrazine groups is 1. The lowest BCUT2D eigenvalue weighted by molar-refractivity contribution is -0.123. The summed E-state index contributed by atoms with van der Waals surface area (Å²) in [5, 5.41) is 0.420. The third-order valence-electron chi connectivity index (χ3n) is 2.48. The van der Waals surface area contributed by atoms with Gasteiger partial charge in [-0.05, 0) is 31.2 Å². The molecule has 1 heterocycles. The van der Waals surface area contributed by atoms with Gasteiger partial charge in [0, 0.05) is 4.88 Å². The van der Waals surface area contributed by atoms with Crippen LogP contribution in [0.15, 0.2) is 36.4 Å². The van der Waals surface area contributed by atoms with Crippen molar-refractivity contribution < 1.29 is 14.3 Å². The fraction of sp³-hybridized carbons (Fsp3) is 0.143. The molecule has 0 aliphatic heterocycles. The molecule has 0 unspecified atom stereocenters. The van der Waals surface area contributed by atoms with E-state index in [1.54, 1.807) is 30.3 Å². The fourth-order valence-corrected chi connectivity index (χ4v) is 2.44. The number of thiophene rings is 1. The van der Waals surface area contributed by atoms with Crippen LogP contribution in [-0.2, 0) is 4.79 Å². The van der Waals surface area contributed by atoms with Gasteiger partial charge in [-0.15, -0.1) is 11.3 Å². The lowest BCUT2D eigenvalue weighted by Crippen LogP contribution is -2.43. The van der Waals surface area contributed by atoms with E-state index in [9.17, 15) is 9.59 Å². The summed E-state index contributed by atoms with van der Waals surface area (Å²) in [4.78, 5) is 24.8. The van der Waals surface area contributed by atoms with E-state index in [-0.39, 0.29) is 12.5 Å². The van der Waals surface area contributed by atoms with Gasteiger partial charge in [-0.3, -0.25) is 20.4 Å². The number of aryl methyl sites for hydroxylation is 1. The summed E-state index contributed by atoms with van der Waals surface area (Å²) in [6.07, 6.45) is 0. The third-order valence-corrected chi connectivity index (χ3v) is 3.79. The van der Waals surface area contributed by atoms with Crippen molar-refractivity contribution >= 4 is 34.8 Å². The number of benzene rings is 1. The van der Waals surface area contributed by atoms with Crippen LogP contribution in [-0.4, -0.2) is 18.4 Å². The molecule has 0 saturated carbocycles. The van der Waals surface area contributed by atoms with Crippen molar-refractivity contribution in [2.75, 3.05) is 6.61 Å².